The highest BCUT2D eigenvalue weighted by atomic mass is 16.3. The molecule has 0 bridgehead atoms. The lowest BCUT2D eigenvalue weighted by molar-refractivity contribution is -0.136. The number of nitrogens with one attached hydrogen (secondary N) is 1. The quantitative estimate of drug-likeness (QED) is 0.730. The highest BCUT2D eigenvalue weighted by Gasteiger charge is 2.28. The molecule has 0 saturated heterocycles. The maximum absolute atomic E-state index is 12.0. The van der Waals surface area contributed by atoms with Crippen molar-refractivity contribution in [3.8, 4) is 0 Å². The summed E-state index contributed by atoms with van der Waals surface area (Å²) in [7, 11) is 0. The first-order valence-electron chi connectivity index (χ1n) is 6.68. The molecule has 4 nitrogen and oxygen atoms in total. The number of hydrogen-bond donors (Lipinski definition) is 2. The van der Waals surface area contributed by atoms with Crippen LogP contribution >= 0.6 is 0 Å². The molecule has 0 fully saturated rings. The third kappa shape index (κ3) is 5.63. The molecule has 0 aromatic carbocycles. The average Bonchev–Trinajstić information content (AvgIpc) is 2.22. The Morgan fingerprint density at radius 1 is 1.00 bits per heavy atom. The van der Waals surface area contributed by atoms with Gasteiger partial charge in [-0.05, 0) is 17.8 Å². The lowest BCUT2D eigenvalue weighted by atomic mass is 9.93. The van der Waals surface area contributed by atoms with Crippen LogP contribution in [0.25, 0.3) is 0 Å². The van der Waals surface area contributed by atoms with E-state index in [0.29, 0.717) is 6.42 Å². The van der Waals surface area contributed by atoms with E-state index in [1.165, 1.54) is 0 Å². The fraction of sp³-hybridized carbons (Fsp3) is 0.857. The molecule has 106 valence electrons. The summed E-state index contributed by atoms with van der Waals surface area (Å²) in [5, 5.41) is 12.3. The van der Waals surface area contributed by atoms with Crippen molar-refractivity contribution in [2.45, 2.75) is 60.1 Å². The first kappa shape index (κ1) is 17.1. The third-order valence-corrected chi connectivity index (χ3v) is 2.82. The van der Waals surface area contributed by atoms with E-state index in [0.717, 1.165) is 0 Å². The highest BCUT2D eigenvalue weighted by molar-refractivity contribution is 5.90. The molecule has 0 radical (unpaired) electrons. The van der Waals surface area contributed by atoms with E-state index in [9.17, 15) is 14.7 Å². The molecule has 0 saturated carbocycles. The summed E-state index contributed by atoms with van der Waals surface area (Å²) in [6.45, 7) is 11.3. The largest absolute Gasteiger partial charge is 0.383 e. The van der Waals surface area contributed by atoms with Gasteiger partial charge in [0.1, 0.15) is 6.10 Å². The van der Waals surface area contributed by atoms with E-state index in [1.54, 1.807) is 13.8 Å². The molecule has 0 heterocycles. The molecule has 0 unspecified atom stereocenters. The summed E-state index contributed by atoms with van der Waals surface area (Å²) in [5.74, 6) is -0.284. The molecule has 18 heavy (non-hydrogen) atoms. The second kappa shape index (κ2) is 7.52. The molecule has 0 rings (SSSR count). The monoisotopic (exact) mass is 257 g/mol. The van der Waals surface area contributed by atoms with Crippen molar-refractivity contribution in [2.24, 2.45) is 17.8 Å². The number of Topliss-reactive ketones (excluding diaryl/α,β-unsaturated/α-hetero) is 1. The van der Waals surface area contributed by atoms with Crippen LogP contribution in [0.1, 0.15) is 48.0 Å². The second-order valence-corrected chi connectivity index (χ2v) is 5.98. The topological polar surface area (TPSA) is 66.4 Å². The standard InChI is InChI=1S/C14H27NO3/c1-8(2)7-11(16)12(9(3)4)15-14(18)13(17)10(5)6/h8-10,12-13,17H,7H2,1-6H3,(H,15,18)/t12-,13-/m0/s1. The van der Waals surface area contributed by atoms with Crippen LogP contribution in [0.5, 0.6) is 0 Å². The zero-order chi connectivity index (χ0) is 14.5. The summed E-state index contributed by atoms with van der Waals surface area (Å²) in [6.07, 6.45) is -0.612. The van der Waals surface area contributed by atoms with Crippen LogP contribution in [0, 0.1) is 17.8 Å². The molecule has 0 aliphatic heterocycles. The van der Waals surface area contributed by atoms with Crippen molar-refractivity contribution in [1.29, 1.82) is 0 Å². The Bertz CT molecular complexity index is 285. The van der Waals surface area contributed by atoms with Gasteiger partial charge in [0.05, 0.1) is 6.04 Å². The number of aliphatic hydroxyl groups is 1. The van der Waals surface area contributed by atoms with E-state index in [-0.39, 0.29) is 23.5 Å². The smallest absolute Gasteiger partial charge is 0.249 e. The Labute approximate surface area is 110 Å². The Morgan fingerprint density at radius 3 is 1.83 bits per heavy atom. The predicted octanol–water partition coefficient (Wildman–Crippen LogP) is 1.76. The summed E-state index contributed by atoms with van der Waals surface area (Å²) >= 11 is 0. The SMILES string of the molecule is CC(C)CC(=O)[C@@H](NC(=O)[C@@H](O)C(C)C)C(C)C. The number of carbonyl (C=O) groups excluding carboxylic acids is 2. The number of hydrogen-bond acceptors (Lipinski definition) is 3. The zero-order valence-electron chi connectivity index (χ0n) is 12.4. The zero-order valence-corrected chi connectivity index (χ0v) is 12.4. The van der Waals surface area contributed by atoms with Gasteiger partial charge in [-0.15, -0.1) is 0 Å². The fourth-order valence-corrected chi connectivity index (χ4v) is 1.69. The Balaban J connectivity index is 4.64. The van der Waals surface area contributed by atoms with Crippen LogP contribution < -0.4 is 5.32 Å². The van der Waals surface area contributed by atoms with Crippen LogP contribution in [0.2, 0.25) is 0 Å². The molecular formula is C14H27NO3. The minimum absolute atomic E-state index is 0.0274. The molecule has 0 spiro atoms. The number of ketones is 1. The van der Waals surface area contributed by atoms with Crippen LogP contribution in [0.4, 0.5) is 0 Å². The van der Waals surface area contributed by atoms with Crippen molar-refractivity contribution in [2.75, 3.05) is 0 Å². The molecule has 4 heteroatoms. The lowest BCUT2D eigenvalue weighted by Gasteiger charge is -2.24. The summed E-state index contributed by atoms with van der Waals surface area (Å²) < 4.78 is 0. The van der Waals surface area contributed by atoms with Crippen LogP contribution in [-0.2, 0) is 9.59 Å². The van der Waals surface area contributed by atoms with Crippen molar-refractivity contribution in [3.05, 3.63) is 0 Å². The minimum atomic E-state index is -1.06. The number of amides is 1. The van der Waals surface area contributed by atoms with E-state index in [4.69, 9.17) is 0 Å². The first-order chi connectivity index (χ1) is 8.16. The van der Waals surface area contributed by atoms with Crippen molar-refractivity contribution >= 4 is 11.7 Å². The average molecular weight is 257 g/mol. The molecule has 1 amide bonds. The molecular weight excluding hydrogens is 230 g/mol. The van der Waals surface area contributed by atoms with Gasteiger partial charge in [0.15, 0.2) is 5.78 Å². The molecule has 0 aromatic heterocycles. The van der Waals surface area contributed by atoms with Crippen LogP contribution in [0.3, 0.4) is 0 Å². The van der Waals surface area contributed by atoms with Gasteiger partial charge in [-0.25, -0.2) is 0 Å². The summed E-state index contributed by atoms with van der Waals surface area (Å²) in [6, 6.07) is -0.506. The Hall–Kier alpha value is -0.900. The van der Waals surface area contributed by atoms with Gasteiger partial charge >= 0.3 is 0 Å². The lowest BCUT2D eigenvalue weighted by Crippen LogP contribution is -2.49. The summed E-state index contributed by atoms with van der Waals surface area (Å²) in [5.41, 5.74) is 0. The molecule has 2 atom stereocenters. The molecule has 0 aliphatic rings. The Morgan fingerprint density at radius 2 is 1.50 bits per heavy atom. The molecule has 2 N–H and O–H groups in total. The minimum Gasteiger partial charge on any atom is -0.383 e. The van der Waals surface area contributed by atoms with Gasteiger partial charge in [-0.2, -0.15) is 0 Å². The van der Waals surface area contributed by atoms with E-state index in [2.05, 4.69) is 5.32 Å². The van der Waals surface area contributed by atoms with Gasteiger partial charge in [0.25, 0.3) is 0 Å². The highest BCUT2D eigenvalue weighted by Crippen LogP contribution is 2.11. The third-order valence-electron chi connectivity index (χ3n) is 2.82. The van der Waals surface area contributed by atoms with Gasteiger partial charge in [0.2, 0.25) is 5.91 Å². The van der Waals surface area contributed by atoms with Crippen molar-refractivity contribution < 1.29 is 14.7 Å². The Kier molecular flexibility index (Phi) is 7.14. The van der Waals surface area contributed by atoms with Gasteiger partial charge in [0, 0.05) is 6.42 Å². The van der Waals surface area contributed by atoms with E-state index < -0.39 is 18.1 Å². The maximum Gasteiger partial charge on any atom is 0.249 e. The van der Waals surface area contributed by atoms with E-state index in [1.807, 2.05) is 27.7 Å². The van der Waals surface area contributed by atoms with Gasteiger partial charge in [-0.3, -0.25) is 9.59 Å². The van der Waals surface area contributed by atoms with E-state index >= 15 is 0 Å². The van der Waals surface area contributed by atoms with Gasteiger partial charge in [-0.1, -0.05) is 41.5 Å². The van der Waals surface area contributed by atoms with Crippen LogP contribution in [-0.4, -0.2) is 28.9 Å². The van der Waals surface area contributed by atoms with Crippen molar-refractivity contribution in [3.63, 3.8) is 0 Å². The van der Waals surface area contributed by atoms with Crippen molar-refractivity contribution in [1.82, 2.24) is 5.32 Å². The van der Waals surface area contributed by atoms with Gasteiger partial charge < -0.3 is 10.4 Å². The first-order valence-corrected chi connectivity index (χ1v) is 6.68. The second-order valence-electron chi connectivity index (χ2n) is 5.98. The number of aliphatic hydroxyl groups excluding tert-OH is 1. The molecule has 0 aliphatic carbocycles. The predicted molar refractivity (Wildman–Crippen MR) is 72.1 cm³/mol. The number of rotatable bonds is 7. The van der Waals surface area contributed by atoms with Crippen LogP contribution in [0.15, 0.2) is 0 Å². The normalized spacial score (nSPS) is 15.0. The number of carbonyl (C=O) groups is 2. The molecule has 0 aromatic rings. The fourth-order valence-electron chi connectivity index (χ4n) is 1.69. The summed E-state index contributed by atoms with van der Waals surface area (Å²) in [4.78, 5) is 23.8. The maximum atomic E-state index is 12.0.